The third-order valence-corrected chi connectivity index (χ3v) is 2.50. The van der Waals surface area contributed by atoms with Gasteiger partial charge < -0.3 is 15.2 Å². The molecule has 1 heterocycles. The molecule has 0 bridgehead atoms. The molecule has 0 radical (unpaired) electrons. The number of carbonyl (C=O) groups excluding carboxylic acids is 1. The fourth-order valence-corrected chi connectivity index (χ4v) is 1.64. The minimum absolute atomic E-state index is 0.0645. The van der Waals surface area contributed by atoms with Crippen LogP contribution in [0, 0.1) is 6.92 Å². The summed E-state index contributed by atoms with van der Waals surface area (Å²) in [6.07, 6.45) is 0. The summed E-state index contributed by atoms with van der Waals surface area (Å²) in [5.41, 5.74) is 7.42. The molecular formula is C12H15N5O2. The van der Waals surface area contributed by atoms with Gasteiger partial charge in [0.2, 0.25) is 0 Å². The van der Waals surface area contributed by atoms with E-state index >= 15 is 0 Å². The van der Waals surface area contributed by atoms with Gasteiger partial charge in [0.05, 0.1) is 5.56 Å². The number of hydrogen-bond acceptors (Lipinski definition) is 6. The van der Waals surface area contributed by atoms with E-state index in [2.05, 4.69) is 15.5 Å². The number of nitrogen functional groups attached to an aromatic ring is 1. The number of nitrogens with two attached hydrogens (primary N) is 1. The lowest BCUT2D eigenvalue weighted by Crippen LogP contribution is -2.19. The summed E-state index contributed by atoms with van der Waals surface area (Å²) in [5, 5.41) is 6.14. The second-order valence-corrected chi connectivity index (χ2v) is 4.27. The standard InChI is InChI=1S/C12H15N5O2/c1-7-14-12(19-16-7)15-11(18)9-6-8(13)4-5-10(9)17(2)3/h4-6H,13H2,1-3H3,(H,14,15,16,18). The zero-order chi connectivity index (χ0) is 14.0. The van der Waals surface area contributed by atoms with Crippen molar-refractivity contribution in [2.75, 3.05) is 30.0 Å². The first kappa shape index (κ1) is 12.9. The van der Waals surface area contributed by atoms with Crippen molar-refractivity contribution in [3.63, 3.8) is 0 Å². The summed E-state index contributed by atoms with van der Waals surface area (Å²) in [6, 6.07) is 5.19. The highest BCUT2D eigenvalue weighted by atomic mass is 16.5. The highest BCUT2D eigenvalue weighted by Gasteiger charge is 2.16. The Morgan fingerprint density at radius 1 is 1.42 bits per heavy atom. The van der Waals surface area contributed by atoms with Crippen molar-refractivity contribution in [1.29, 1.82) is 0 Å². The van der Waals surface area contributed by atoms with Crippen molar-refractivity contribution >= 4 is 23.3 Å². The third kappa shape index (κ3) is 2.82. The highest BCUT2D eigenvalue weighted by Crippen LogP contribution is 2.22. The molecule has 0 aliphatic rings. The average Bonchev–Trinajstić information content (AvgIpc) is 2.74. The summed E-state index contributed by atoms with van der Waals surface area (Å²) in [5.74, 6) is 0.107. The number of nitrogens with one attached hydrogen (secondary N) is 1. The Hall–Kier alpha value is -2.57. The molecule has 0 spiro atoms. The molecule has 19 heavy (non-hydrogen) atoms. The SMILES string of the molecule is Cc1noc(NC(=O)c2cc(N)ccc2N(C)C)n1. The van der Waals surface area contributed by atoms with Gasteiger partial charge in [-0.3, -0.25) is 10.1 Å². The molecule has 1 aromatic heterocycles. The van der Waals surface area contributed by atoms with Gasteiger partial charge >= 0.3 is 6.01 Å². The maximum absolute atomic E-state index is 12.2. The van der Waals surface area contributed by atoms with Crippen molar-refractivity contribution in [1.82, 2.24) is 10.1 Å². The molecule has 0 saturated heterocycles. The molecule has 0 fully saturated rings. The van der Waals surface area contributed by atoms with Gasteiger partial charge in [-0.2, -0.15) is 4.98 Å². The van der Waals surface area contributed by atoms with E-state index in [1.165, 1.54) is 0 Å². The lowest BCUT2D eigenvalue weighted by Gasteiger charge is -2.16. The molecule has 7 nitrogen and oxygen atoms in total. The summed E-state index contributed by atoms with van der Waals surface area (Å²) >= 11 is 0. The molecule has 0 saturated carbocycles. The van der Waals surface area contributed by atoms with Crippen LogP contribution in [0.1, 0.15) is 16.2 Å². The largest absolute Gasteiger partial charge is 0.399 e. The van der Waals surface area contributed by atoms with Crippen molar-refractivity contribution in [2.45, 2.75) is 6.92 Å². The van der Waals surface area contributed by atoms with Gasteiger partial charge in [-0.25, -0.2) is 0 Å². The Kier molecular flexibility index (Phi) is 3.37. The second kappa shape index (κ2) is 4.97. The highest BCUT2D eigenvalue weighted by molar-refractivity contribution is 6.07. The number of aryl methyl sites for hydroxylation is 1. The molecule has 3 N–H and O–H groups in total. The van der Waals surface area contributed by atoms with Crippen LogP contribution in [0.5, 0.6) is 0 Å². The smallest absolute Gasteiger partial charge is 0.328 e. The topological polar surface area (TPSA) is 97.3 Å². The van der Waals surface area contributed by atoms with E-state index in [0.717, 1.165) is 5.69 Å². The van der Waals surface area contributed by atoms with E-state index < -0.39 is 0 Å². The number of nitrogens with zero attached hydrogens (tertiary/aromatic N) is 3. The molecule has 7 heteroatoms. The first-order valence-electron chi connectivity index (χ1n) is 5.66. The fraction of sp³-hybridized carbons (Fsp3) is 0.250. The minimum Gasteiger partial charge on any atom is -0.399 e. The Balaban J connectivity index is 2.30. The monoisotopic (exact) mass is 261 g/mol. The molecule has 0 atom stereocenters. The first-order valence-corrected chi connectivity index (χ1v) is 5.66. The zero-order valence-electron chi connectivity index (χ0n) is 11.0. The Morgan fingerprint density at radius 2 is 2.16 bits per heavy atom. The summed E-state index contributed by atoms with van der Waals surface area (Å²) in [6.45, 7) is 1.67. The van der Waals surface area contributed by atoms with Crippen LogP contribution in [0.25, 0.3) is 0 Å². The van der Waals surface area contributed by atoms with Crippen molar-refractivity contribution < 1.29 is 9.32 Å². The Morgan fingerprint density at radius 3 is 2.74 bits per heavy atom. The predicted molar refractivity (Wildman–Crippen MR) is 72.2 cm³/mol. The number of aromatic nitrogens is 2. The van der Waals surface area contributed by atoms with E-state index in [1.54, 1.807) is 25.1 Å². The maximum Gasteiger partial charge on any atom is 0.328 e. The van der Waals surface area contributed by atoms with Crippen LogP contribution in [-0.2, 0) is 0 Å². The van der Waals surface area contributed by atoms with Crippen LogP contribution in [0.3, 0.4) is 0 Å². The van der Waals surface area contributed by atoms with E-state index in [1.807, 2.05) is 19.0 Å². The van der Waals surface area contributed by atoms with Gasteiger partial charge in [-0.1, -0.05) is 5.16 Å². The molecule has 0 unspecified atom stereocenters. The number of amides is 1. The lowest BCUT2D eigenvalue weighted by molar-refractivity contribution is 0.102. The van der Waals surface area contributed by atoms with E-state index in [9.17, 15) is 4.79 Å². The van der Waals surface area contributed by atoms with Crippen molar-refractivity contribution in [2.24, 2.45) is 0 Å². The predicted octanol–water partition coefficient (Wildman–Crippen LogP) is 1.28. The van der Waals surface area contributed by atoms with Crippen molar-refractivity contribution in [3.8, 4) is 0 Å². The minimum atomic E-state index is -0.348. The normalized spacial score (nSPS) is 10.3. The second-order valence-electron chi connectivity index (χ2n) is 4.27. The first-order chi connectivity index (χ1) is 8.97. The number of carbonyl (C=O) groups is 1. The third-order valence-electron chi connectivity index (χ3n) is 2.50. The number of anilines is 3. The molecule has 1 aromatic carbocycles. The number of benzene rings is 1. The lowest BCUT2D eigenvalue weighted by atomic mass is 10.1. The van der Waals surface area contributed by atoms with E-state index in [0.29, 0.717) is 17.1 Å². The van der Waals surface area contributed by atoms with Crippen LogP contribution in [0.2, 0.25) is 0 Å². The van der Waals surface area contributed by atoms with Gasteiger partial charge in [0.1, 0.15) is 0 Å². The molecule has 0 aliphatic carbocycles. The maximum atomic E-state index is 12.2. The summed E-state index contributed by atoms with van der Waals surface area (Å²) < 4.78 is 4.85. The van der Waals surface area contributed by atoms with E-state index in [4.69, 9.17) is 10.3 Å². The van der Waals surface area contributed by atoms with Crippen molar-refractivity contribution in [3.05, 3.63) is 29.6 Å². The quantitative estimate of drug-likeness (QED) is 0.808. The van der Waals surface area contributed by atoms with Crippen LogP contribution in [-0.4, -0.2) is 30.1 Å². The molecule has 100 valence electrons. The van der Waals surface area contributed by atoms with E-state index in [-0.39, 0.29) is 11.9 Å². The fourth-order valence-electron chi connectivity index (χ4n) is 1.64. The van der Waals surface area contributed by atoms with Gasteiger partial charge in [0, 0.05) is 25.5 Å². The molecule has 2 rings (SSSR count). The van der Waals surface area contributed by atoms with Gasteiger partial charge in [-0.05, 0) is 25.1 Å². The molecule has 1 amide bonds. The van der Waals surface area contributed by atoms with Gasteiger partial charge in [-0.15, -0.1) is 0 Å². The van der Waals surface area contributed by atoms with Gasteiger partial charge in [0.15, 0.2) is 5.82 Å². The summed E-state index contributed by atoms with van der Waals surface area (Å²) in [7, 11) is 3.69. The molecule has 2 aromatic rings. The summed E-state index contributed by atoms with van der Waals surface area (Å²) in [4.78, 5) is 17.9. The van der Waals surface area contributed by atoms with Crippen LogP contribution in [0.15, 0.2) is 22.7 Å². The number of hydrogen-bond donors (Lipinski definition) is 2. The average molecular weight is 261 g/mol. The Bertz CT molecular complexity index is 606. The number of rotatable bonds is 3. The van der Waals surface area contributed by atoms with Gasteiger partial charge in [0.25, 0.3) is 5.91 Å². The zero-order valence-corrected chi connectivity index (χ0v) is 11.0. The molecule has 0 aliphatic heterocycles. The van der Waals surface area contributed by atoms with Crippen LogP contribution >= 0.6 is 0 Å². The Labute approximate surface area is 110 Å². The molecular weight excluding hydrogens is 246 g/mol. The van der Waals surface area contributed by atoms with Crippen LogP contribution < -0.4 is 16.0 Å². The van der Waals surface area contributed by atoms with Crippen LogP contribution in [0.4, 0.5) is 17.4 Å².